The van der Waals surface area contributed by atoms with Gasteiger partial charge in [0.2, 0.25) is 0 Å². The molecule has 0 saturated carbocycles. The summed E-state index contributed by atoms with van der Waals surface area (Å²) in [6.45, 7) is 9.15. The van der Waals surface area contributed by atoms with E-state index in [-0.39, 0.29) is 34.8 Å². The van der Waals surface area contributed by atoms with Gasteiger partial charge in [-0.05, 0) is 59.4 Å². The Morgan fingerprint density at radius 2 is 1.09 bits per heavy atom. The van der Waals surface area contributed by atoms with Crippen LogP contribution in [-0.2, 0) is 11.5 Å². The maximum atomic E-state index is 14.2. The lowest BCUT2D eigenvalue weighted by atomic mass is 10.2. The first-order valence-electron chi connectivity index (χ1n) is 21.1. The molecule has 0 aliphatic carbocycles. The van der Waals surface area contributed by atoms with E-state index in [0.717, 1.165) is 35.4 Å². The van der Waals surface area contributed by atoms with Gasteiger partial charge in [0, 0.05) is 66.9 Å². The summed E-state index contributed by atoms with van der Waals surface area (Å²) in [6.07, 6.45) is 3.21. The van der Waals surface area contributed by atoms with Gasteiger partial charge in [0.15, 0.2) is 56.2 Å². The number of ether oxygens (including phenoxy) is 2. The Morgan fingerprint density at radius 1 is 0.612 bits per heavy atom. The van der Waals surface area contributed by atoms with Gasteiger partial charge in [0.1, 0.15) is 11.6 Å². The van der Waals surface area contributed by atoms with Crippen molar-refractivity contribution in [2.24, 2.45) is 11.8 Å². The Balaban J connectivity index is 0.000000199. The minimum atomic E-state index is -0.903. The fraction of sp³-hybridized carbons (Fsp3) is 0.224. The zero-order valence-electron chi connectivity index (χ0n) is 37.1. The molecule has 0 radical (unpaired) electrons. The topological polar surface area (TPSA) is 129 Å². The molecule has 0 atom stereocenters. The van der Waals surface area contributed by atoms with E-state index in [4.69, 9.17) is 9.47 Å². The molecular weight excluding hydrogens is 905 g/mol. The number of nitrogens with zero attached hydrogens (tertiary/aromatic N) is 7. The van der Waals surface area contributed by atoms with Crippen molar-refractivity contribution in [3.63, 3.8) is 0 Å². The molecule has 4 heterocycles. The van der Waals surface area contributed by atoms with Gasteiger partial charge in [-0.1, -0.05) is 112 Å². The van der Waals surface area contributed by atoms with Gasteiger partial charge in [-0.25, -0.2) is 42.2 Å². The zero-order valence-corrected chi connectivity index (χ0v) is 38.8. The largest absolute Gasteiger partial charge is 0.448 e. The van der Waals surface area contributed by atoms with Crippen molar-refractivity contribution in [3.8, 4) is 23.0 Å². The molecule has 12 nitrogen and oxygen atoms in total. The normalized spacial score (nSPS) is 11.2. The highest BCUT2D eigenvalue weighted by molar-refractivity contribution is 7.98. The molecule has 67 heavy (non-hydrogen) atoms. The minimum absolute atomic E-state index is 0.109. The third kappa shape index (κ3) is 12.5. The number of nitrogens with one attached hydrogen (secondary N) is 1. The molecule has 0 amide bonds. The van der Waals surface area contributed by atoms with Crippen molar-refractivity contribution in [2.75, 3.05) is 30.6 Å². The highest BCUT2D eigenvalue weighted by Gasteiger charge is 2.20. The van der Waals surface area contributed by atoms with E-state index >= 15 is 0 Å². The molecule has 8 rings (SSSR count). The number of aromatic nitrogens is 6. The van der Waals surface area contributed by atoms with E-state index in [2.05, 4.69) is 25.4 Å². The van der Waals surface area contributed by atoms with Crippen LogP contribution in [0.3, 0.4) is 0 Å². The van der Waals surface area contributed by atoms with E-state index in [0.29, 0.717) is 69.1 Å². The third-order valence-corrected chi connectivity index (χ3v) is 11.5. The Kier molecular flexibility index (Phi) is 15.8. The SMILES string of the molecule is CC(C)CN(C)n1c(=O)c(Oc2ccc(F)cc2F)cc2cnc(SCc3ccccc3)nc21.CC(C)CNn1c(=O)c(Oc2ccc(F)cc2F)cc2cnc(SCc3ccccc3)nc21. The molecule has 0 saturated heterocycles. The first-order valence-corrected chi connectivity index (χ1v) is 23.1. The van der Waals surface area contributed by atoms with Crippen LogP contribution in [0.4, 0.5) is 17.6 Å². The van der Waals surface area contributed by atoms with E-state index in [1.165, 1.54) is 45.0 Å². The summed E-state index contributed by atoms with van der Waals surface area (Å²) in [4.78, 5) is 44.6. The monoisotopic (exact) mass is 950 g/mol. The quantitative estimate of drug-likeness (QED) is 0.0562. The molecule has 4 aromatic carbocycles. The van der Waals surface area contributed by atoms with E-state index in [1.807, 2.05) is 88.4 Å². The molecule has 346 valence electrons. The average molecular weight is 951 g/mol. The van der Waals surface area contributed by atoms with Crippen LogP contribution < -0.4 is 31.0 Å². The van der Waals surface area contributed by atoms with Gasteiger partial charge in [-0.15, -0.1) is 0 Å². The van der Waals surface area contributed by atoms with E-state index in [1.54, 1.807) is 24.5 Å². The Labute approximate surface area is 392 Å². The standard InChI is InChI=1S/C25H24F2N4O2S.C24H22F2N4O2S/c1-16(2)14-30(3)31-23-18(13-28-25(29-23)34-15-17-7-5-4-6-8-17)11-22(24(31)32)33-21-10-9-19(26)12-20(21)27;1-15(2)12-28-30-22-17(13-27-24(29-22)33-14-16-6-4-3-5-7-16)10-21(23(30)31)32-20-9-8-18(25)11-19(20)26/h4-13,16H,14-15H2,1-3H3;3-11,13,15,28H,12,14H2,1-2H3. The summed E-state index contributed by atoms with van der Waals surface area (Å²) in [7, 11) is 1.78. The fourth-order valence-electron chi connectivity index (χ4n) is 6.53. The van der Waals surface area contributed by atoms with Crippen molar-refractivity contribution >= 4 is 45.6 Å². The van der Waals surface area contributed by atoms with Gasteiger partial charge in [0.25, 0.3) is 0 Å². The Hall–Kier alpha value is -6.92. The van der Waals surface area contributed by atoms with Crippen LogP contribution in [0.15, 0.2) is 141 Å². The first kappa shape index (κ1) is 48.0. The molecule has 0 spiro atoms. The summed E-state index contributed by atoms with van der Waals surface area (Å²) in [5.74, 6) is -2.12. The number of pyridine rings is 2. The Morgan fingerprint density at radius 3 is 1.57 bits per heavy atom. The van der Waals surface area contributed by atoms with Crippen molar-refractivity contribution < 1.29 is 27.0 Å². The van der Waals surface area contributed by atoms with Gasteiger partial charge in [-0.2, -0.15) is 4.68 Å². The third-order valence-electron chi connectivity index (χ3n) is 9.63. The van der Waals surface area contributed by atoms with Crippen molar-refractivity contribution in [1.29, 1.82) is 0 Å². The lowest BCUT2D eigenvalue weighted by Crippen LogP contribution is -2.42. The number of hydrogen-bond donors (Lipinski definition) is 1. The summed E-state index contributed by atoms with van der Waals surface area (Å²) in [5.41, 5.74) is 5.11. The molecule has 0 bridgehead atoms. The molecule has 0 unspecified atom stereocenters. The number of hydrogen-bond acceptors (Lipinski definition) is 12. The fourth-order valence-corrected chi connectivity index (χ4v) is 8.06. The molecule has 4 aromatic heterocycles. The molecule has 8 aromatic rings. The number of benzene rings is 4. The minimum Gasteiger partial charge on any atom is -0.448 e. The predicted molar refractivity (Wildman–Crippen MR) is 255 cm³/mol. The number of fused-ring (bicyclic) bond motifs is 2. The van der Waals surface area contributed by atoms with Gasteiger partial charge in [-0.3, -0.25) is 9.59 Å². The van der Waals surface area contributed by atoms with Crippen molar-refractivity contribution in [2.45, 2.75) is 49.5 Å². The molecule has 0 aliphatic rings. The van der Waals surface area contributed by atoms with Crippen LogP contribution in [0.1, 0.15) is 38.8 Å². The lowest BCUT2D eigenvalue weighted by Gasteiger charge is -2.25. The smallest absolute Gasteiger partial charge is 0.313 e. The second kappa shape index (κ2) is 22.0. The highest BCUT2D eigenvalue weighted by atomic mass is 32.2. The van der Waals surface area contributed by atoms with Gasteiger partial charge in [0.05, 0.1) is 0 Å². The van der Waals surface area contributed by atoms with Gasteiger partial charge >= 0.3 is 11.1 Å². The zero-order chi connectivity index (χ0) is 47.6. The summed E-state index contributed by atoms with van der Waals surface area (Å²) in [6, 6.07) is 28.7. The van der Waals surface area contributed by atoms with Crippen LogP contribution in [0, 0.1) is 35.1 Å². The lowest BCUT2D eigenvalue weighted by molar-refractivity contribution is 0.426. The second-order valence-corrected chi connectivity index (χ2v) is 17.9. The van der Waals surface area contributed by atoms with Gasteiger partial charge < -0.3 is 19.9 Å². The van der Waals surface area contributed by atoms with E-state index < -0.39 is 34.4 Å². The highest BCUT2D eigenvalue weighted by Crippen LogP contribution is 2.29. The predicted octanol–water partition coefficient (Wildman–Crippen LogP) is 10.7. The van der Waals surface area contributed by atoms with Crippen LogP contribution in [0.25, 0.3) is 22.1 Å². The second-order valence-electron chi connectivity index (χ2n) is 16.0. The maximum Gasteiger partial charge on any atom is 0.313 e. The summed E-state index contributed by atoms with van der Waals surface area (Å²) >= 11 is 2.92. The number of halogens is 4. The van der Waals surface area contributed by atoms with Crippen molar-refractivity contribution in [1.82, 2.24) is 29.3 Å². The van der Waals surface area contributed by atoms with Crippen LogP contribution in [0.5, 0.6) is 23.0 Å². The summed E-state index contributed by atoms with van der Waals surface area (Å²) in [5, 5.41) is 3.89. The molecule has 18 heteroatoms. The van der Waals surface area contributed by atoms with E-state index in [9.17, 15) is 27.2 Å². The van der Waals surface area contributed by atoms with Crippen molar-refractivity contribution in [3.05, 3.63) is 177 Å². The molecular formula is C49H46F4N8O4S2. The first-order chi connectivity index (χ1) is 32.2. The van der Waals surface area contributed by atoms with Crippen LogP contribution in [0.2, 0.25) is 0 Å². The number of rotatable bonds is 16. The molecule has 0 aliphatic heterocycles. The molecule has 0 fully saturated rings. The van der Waals surface area contributed by atoms with Crippen LogP contribution in [-0.4, -0.2) is 49.4 Å². The Bertz CT molecular complexity index is 3110. The maximum absolute atomic E-state index is 14.2. The molecule has 1 N–H and O–H groups in total. The summed E-state index contributed by atoms with van der Waals surface area (Å²) < 4.78 is 68.6. The average Bonchev–Trinajstić information content (AvgIpc) is 3.30. The number of thioether (sulfide) groups is 2. The van der Waals surface area contributed by atoms with Crippen LogP contribution >= 0.6 is 23.5 Å².